The van der Waals surface area contributed by atoms with Gasteiger partial charge >= 0.3 is 0 Å². The number of aryl methyl sites for hydroxylation is 1. The lowest BCUT2D eigenvalue weighted by molar-refractivity contribution is -0.384. The molecule has 2 aromatic carbocycles. The number of hydrogen-bond acceptors (Lipinski definition) is 5. The highest BCUT2D eigenvalue weighted by atomic mass is 32.2. The predicted molar refractivity (Wildman–Crippen MR) is 104 cm³/mol. The standard InChI is InChI=1S/C19H23N3O4S/c20-27(25,26)17-8-9-18(19(14-17)22(23)24)21-12-10-16(11-13-21)7-6-15-4-2-1-3-5-15/h1-5,8-9,14,16H,6-7,10-13H2,(H2,20,25,26). The van der Waals surface area contributed by atoms with Gasteiger partial charge in [0.2, 0.25) is 10.0 Å². The average molecular weight is 389 g/mol. The van der Waals surface area contributed by atoms with E-state index < -0.39 is 14.9 Å². The van der Waals surface area contributed by atoms with E-state index in [2.05, 4.69) is 12.1 Å². The molecule has 3 rings (SSSR count). The van der Waals surface area contributed by atoms with Crippen molar-refractivity contribution in [3.8, 4) is 0 Å². The number of sulfonamides is 1. The summed E-state index contributed by atoms with van der Waals surface area (Å²) in [5, 5.41) is 16.5. The quantitative estimate of drug-likeness (QED) is 0.603. The Morgan fingerprint density at radius 1 is 1.11 bits per heavy atom. The highest BCUT2D eigenvalue weighted by Crippen LogP contribution is 2.34. The first-order chi connectivity index (χ1) is 12.8. The van der Waals surface area contributed by atoms with Crippen molar-refractivity contribution >= 4 is 21.4 Å². The summed E-state index contributed by atoms with van der Waals surface area (Å²) in [6.07, 6.45) is 4.06. The Hall–Kier alpha value is -2.45. The second-order valence-electron chi connectivity index (χ2n) is 6.91. The molecule has 0 saturated carbocycles. The molecule has 1 heterocycles. The SMILES string of the molecule is NS(=O)(=O)c1ccc(N2CCC(CCc3ccccc3)CC2)c([N+](=O)[O-])c1. The molecule has 27 heavy (non-hydrogen) atoms. The number of nitro groups is 1. The summed E-state index contributed by atoms with van der Waals surface area (Å²) in [5.74, 6) is 0.587. The van der Waals surface area contributed by atoms with E-state index in [1.807, 2.05) is 23.1 Å². The van der Waals surface area contributed by atoms with Crippen molar-refractivity contribution in [2.75, 3.05) is 18.0 Å². The zero-order valence-corrected chi connectivity index (χ0v) is 15.8. The van der Waals surface area contributed by atoms with Crippen LogP contribution in [0.5, 0.6) is 0 Å². The molecule has 0 atom stereocenters. The minimum Gasteiger partial charge on any atom is -0.366 e. The lowest BCUT2D eigenvalue weighted by atomic mass is 9.90. The Labute approximate surface area is 159 Å². The van der Waals surface area contributed by atoms with E-state index in [1.54, 1.807) is 0 Å². The first-order valence-corrected chi connectivity index (χ1v) is 10.5. The van der Waals surface area contributed by atoms with Crippen molar-refractivity contribution in [1.82, 2.24) is 0 Å². The van der Waals surface area contributed by atoms with Crippen LogP contribution in [0.3, 0.4) is 0 Å². The van der Waals surface area contributed by atoms with E-state index in [4.69, 9.17) is 5.14 Å². The van der Waals surface area contributed by atoms with Gasteiger partial charge in [-0.25, -0.2) is 13.6 Å². The van der Waals surface area contributed by atoms with Gasteiger partial charge in [0.15, 0.2) is 0 Å². The fourth-order valence-corrected chi connectivity index (χ4v) is 4.11. The van der Waals surface area contributed by atoms with Crippen LogP contribution in [0.15, 0.2) is 53.4 Å². The Balaban J connectivity index is 1.66. The van der Waals surface area contributed by atoms with Gasteiger partial charge in [-0.05, 0) is 49.3 Å². The van der Waals surface area contributed by atoms with Crippen LogP contribution in [-0.2, 0) is 16.4 Å². The van der Waals surface area contributed by atoms with E-state index in [-0.39, 0.29) is 10.6 Å². The number of nitrogens with zero attached hydrogens (tertiary/aromatic N) is 2. The van der Waals surface area contributed by atoms with E-state index in [9.17, 15) is 18.5 Å². The molecular weight excluding hydrogens is 366 g/mol. The van der Waals surface area contributed by atoms with Crippen LogP contribution >= 0.6 is 0 Å². The molecule has 0 bridgehead atoms. The first-order valence-electron chi connectivity index (χ1n) is 8.94. The van der Waals surface area contributed by atoms with Gasteiger partial charge in [-0.2, -0.15) is 0 Å². The van der Waals surface area contributed by atoms with Crippen LogP contribution in [0.4, 0.5) is 11.4 Å². The third-order valence-electron chi connectivity index (χ3n) is 5.11. The fourth-order valence-electron chi connectivity index (χ4n) is 3.57. The molecule has 1 saturated heterocycles. The first kappa shape index (κ1) is 19.3. The van der Waals surface area contributed by atoms with Crippen molar-refractivity contribution in [2.24, 2.45) is 11.1 Å². The number of anilines is 1. The monoisotopic (exact) mass is 389 g/mol. The molecule has 7 nitrogen and oxygen atoms in total. The number of nitrogens with two attached hydrogens (primary N) is 1. The van der Waals surface area contributed by atoms with E-state index in [0.717, 1.165) is 44.8 Å². The van der Waals surface area contributed by atoms with E-state index >= 15 is 0 Å². The number of primary sulfonamides is 1. The summed E-state index contributed by atoms with van der Waals surface area (Å²) >= 11 is 0. The molecule has 0 unspecified atom stereocenters. The molecule has 0 amide bonds. The van der Waals surface area contributed by atoms with Gasteiger partial charge in [0.25, 0.3) is 5.69 Å². The zero-order chi connectivity index (χ0) is 19.4. The number of benzene rings is 2. The van der Waals surface area contributed by atoms with Crippen molar-refractivity contribution in [3.63, 3.8) is 0 Å². The summed E-state index contributed by atoms with van der Waals surface area (Å²) in [5.41, 5.74) is 1.56. The number of piperidine rings is 1. The topological polar surface area (TPSA) is 107 Å². The fraction of sp³-hybridized carbons (Fsp3) is 0.368. The molecule has 0 radical (unpaired) electrons. The predicted octanol–water partition coefficient (Wildman–Crippen LogP) is 3.09. The normalized spacial score (nSPS) is 15.7. The maximum atomic E-state index is 11.5. The average Bonchev–Trinajstić information content (AvgIpc) is 2.66. The molecule has 0 aliphatic carbocycles. The van der Waals surface area contributed by atoms with Crippen LogP contribution in [0, 0.1) is 16.0 Å². The molecule has 0 spiro atoms. The van der Waals surface area contributed by atoms with Crippen molar-refractivity contribution in [3.05, 3.63) is 64.2 Å². The number of rotatable bonds is 6. The smallest absolute Gasteiger partial charge is 0.293 e. The van der Waals surface area contributed by atoms with Crippen molar-refractivity contribution in [2.45, 2.75) is 30.6 Å². The summed E-state index contributed by atoms with van der Waals surface area (Å²) in [4.78, 5) is 12.6. The second kappa shape index (κ2) is 8.06. The van der Waals surface area contributed by atoms with Gasteiger partial charge in [-0.1, -0.05) is 30.3 Å². The molecule has 2 aromatic rings. The van der Waals surface area contributed by atoms with Gasteiger partial charge in [0, 0.05) is 19.2 Å². The zero-order valence-electron chi connectivity index (χ0n) is 15.0. The van der Waals surface area contributed by atoms with Crippen LogP contribution in [0.1, 0.15) is 24.8 Å². The molecule has 144 valence electrons. The minimum absolute atomic E-state index is 0.218. The number of hydrogen-bond donors (Lipinski definition) is 1. The third kappa shape index (κ3) is 4.84. The lowest BCUT2D eigenvalue weighted by Gasteiger charge is -2.33. The van der Waals surface area contributed by atoms with Crippen LogP contribution in [0.25, 0.3) is 0 Å². The van der Waals surface area contributed by atoms with Gasteiger partial charge in [0.05, 0.1) is 9.82 Å². The van der Waals surface area contributed by atoms with Crippen LogP contribution in [-0.4, -0.2) is 26.4 Å². The van der Waals surface area contributed by atoms with Crippen LogP contribution < -0.4 is 10.0 Å². The number of nitro benzene ring substituents is 1. The minimum atomic E-state index is -3.97. The van der Waals surface area contributed by atoms with Gasteiger partial charge < -0.3 is 4.90 Å². The van der Waals surface area contributed by atoms with Gasteiger partial charge in [0.1, 0.15) is 5.69 Å². The maximum absolute atomic E-state index is 11.5. The van der Waals surface area contributed by atoms with Crippen molar-refractivity contribution in [1.29, 1.82) is 0 Å². The van der Waals surface area contributed by atoms with E-state index in [1.165, 1.54) is 17.7 Å². The Morgan fingerprint density at radius 2 is 1.78 bits per heavy atom. The van der Waals surface area contributed by atoms with Gasteiger partial charge in [-0.3, -0.25) is 10.1 Å². The van der Waals surface area contributed by atoms with Crippen molar-refractivity contribution < 1.29 is 13.3 Å². The molecule has 1 aliphatic heterocycles. The summed E-state index contributed by atoms with van der Waals surface area (Å²) in [7, 11) is -3.97. The molecule has 0 aromatic heterocycles. The Kier molecular flexibility index (Phi) is 5.76. The highest BCUT2D eigenvalue weighted by Gasteiger charge is 2.26. The maximum Gasteiger partial charge on any atom is 0.293 e. The van der Waals surface area contributed by atoms with E-state index in [0.29, 0.717) is 11.6 Å². The molecule has 2 N–H and O–H groups in total. The molecule has 8 heteroatoms. The van der Waals surface area contributed by atoms with Gasteiger partial charge in [-0.15, -0.1) is 0 Å². The highest BCUT2D eigenvalue weighted by molar-refractivity contribution is 7.89. The molecule has 1 aliphatic rings. The summed E-state index contributed by atoms with van der Waals surface area (Å²) in [6.45, 7) is 1.43. The summed E-state index contributed by atoms with van der Waals surface area (Å²) in [6, 6.07) is 14.2. The summed E-state index contributed by atoms with van der Waals surface area (Å²) < 4.78 is 22.9. The molecule has 1 fully saturated rings. The largest absolute Gasteiger partial charge is 0.366 e. The van der Waals surface area contributed by atoms with Crippen LogP contribution in [0.2, 0.25) is 0 Å². The second-order valence-corrected chi connectivity index (χ2v) is 8.47. The Bertz CT molecular complexity index is 908. The molecular formula is C19H23N3O4S. The Morgan fingerprint density at radius 3 is 2.37 bits per heavy atom. The lowest BCUT2D eigenvalue weighted by Crippen LogP contribution is -2.34. The third-order valence-corrected chi connectivity index (χ3v) is 6.02.